The summed E-state index contributed by atoms with van der Waals surface area (Å²) in [7, 11) is -2.41. The summed E-state index contributed by atoms with van der Waals surface area (Å²) >= 11 is 0. The van der Waals surface area contributed by atoms with Crippen molar-refractivity contribution in [2.24, 2.45) is 11.7 Å². The second-order valence-corrected chi connectivity index (χ2v) is 7.41. The van der Waals surface area contributed by atoms with Crippen LogP contribution in [0.3, 0.4) is 0 Å². The van der Waals surface area contributed by atoms with E-state index in [0.717, 1.165) is 0 Å². The Morgan fingerprint density at radius 3 is 2.38 bits per heavy atom. The van der Waals surface area contributed by atoms with Gasteiger partial charge in [0.05, 0.1) is 12.0 Å². The van der Waals surface area contributed by atoms with Crippen LogP contribution < -0.4 is 10.5 Å². The van der Waals surface area contributed by atoms with E-state index in [-0.39, 0.29) is 21.6 Å². The second kappa shape index (κ2) is 7.36. The average molecular weight is 349 g/mol. The SMILES string of the molecule is COc1ccc(S(=O)(=O)C(C#N)=CN2CCC(C(N)=O)CC2)cc1. The summed E-state index contributed by atoms with van der Waals surface area (Å²) in [5.74, 6) is -0.00617. The number of carbonyl (C=O) groups excluding carboxylic acids is 1. The monoisotopic (exact) mass is 349 g/mol. The number of likely N-dealkylation sites (tertiary alicyclic amines) is 1. The highest BCUT2D eigenvalue weighted by Gasteiger charge is 2.25. The van der Waals surface area contributed by atoms with Gasteiger partial charge in [0.25, 0.3) is 0 Å². The van der Waals surface area contributed by atoms with Gasteiger partial charge in [-0.15, -0.1) is 0 Å². The number of rotatable bonds is 5. The Hall–Kier alpha value is -2.53. The van der Waals surface area contributed by atoms with Gasteiger partial charge in [-0.05, 0) is 37.1 Å². The van der Waals surface area contributed by atoms with Crippen LogP contribution in [0.5, 0.6) is 5.75 Å². The number of primary amides is 1. The number of sulfone groups is 1. The fraction of sp³-hybridized carbons (Fsp3) is 0.375. The van der Waals surface area contributed by atoms with Crippen LogP contribution >= 0.6 is 0 Å². The third-order valence-electron chi connectivity index (χ3n) is 4.00. The van der Waals surface area contributed by atoms with Gasteiger partial charge in [-0.3, -0.25) is 4.79 Å². The summed E-state index contributed by atoms with van der Waals surface area (Å²) in [6.07, 6.45) is 2.44. The van der Waals surface area contributed by atoms with Gasteiger partial charge in [-0.25, -0.2) is 8.42 Å². The number of carbonyl (C=O) groups is 1. The van der Waals surface area contributed by atoms with Gasteiger partial charge in [-0.1, -0.05) is 0 Å². The van der Waals surface area contributed by atoms with E-state index in [2.05, 4.69) is 0 Å². The second-order valence-electron chi connectivity index (χ2n) is 5.50. The Balaban J connectivity index is 2.20. The molecule has 1 aromatic rings. The van der Waals surface area contributed by atoms with Gasteiger partial charge in [0, 0.05) is 25.2 Å². The van der Waals surface area contributed by atoms with E-state index in [0.29, 0.717) is 31.7 Å². The van der Waals surface area contributed by atoms with Crippen molar-refractivity contribution in [2.75, 3.05) is 20.2 Å². The molecule has 0 atom stereocenters. The molecule has 1 amide bonds. The third kappa shape index (κ3) is 3.86. The van der Waals surface area contributed by atoms with Crippen LogP contribution in [0.4, 0.5) is 0 Å². The molecule has 128 valence electrons. The van der Waals surface area contributed by atoms with E-state index in [1.54, 1.807) is 11.0 Å². The first-order valence-corrected chi connectivity index (χ1v) is 8.91. The van der Waals surface area contributed by atoms with Crippen LogP contribution in [-0.2, 0) is 14.6 Å². The predicted molar refractivity (Wildman–Crippen MR) is 87.4 cm³/mol. The van der Waals surface area contributed by atoms with Gasteiger partial charge < -0.3 is 15.4 Å². The number of nitriles is 1. The first kappa shape index (κ1) is 17.8. The molecule has 2 rings (SSSR count). The van der Waals surface area contributed by atoms with Gasteiger partial charge in [-0.2, -0.15) is 5.26 Å². The van der Waals surface area contributed by atoms with Crippen LogP contribution in [0.15, 0.2) is 40.3 Å². The molecule has 1 aliphatic rings. The maximum atomic E-state index is 12.6. The number of piperidine rings is 1. The van der Waals surface area contributed by atoms with Crippen molar-refractivity contribution in [1.82, 2.24) is 4.90 Å². The van der Waals surface area contributed by atoms with Gasteiger partial charge >= 0.3 is 0 Å². The fourth-order valence-corrected chi connectivity index (χ4v) is 3.68. The van der Waals surface area contributed by atoms with Gasteiger partial charge in [0.2, 0.25) is 15.7 Å². The number of nitrogens with zero attached hydrogens (tertiary/aromatic N) is 2. The minimum atomic E-state index is -3.89. The highest BCUT2D eigenvalue weighted by molar-refractivity contribution is 7.95. The van der Waals surface area contributed by atoms with Gasteiger partial charge in [0.1, 0.15) is 11.8 Å². The summed E-state index contributed by atoms with van der Waals surface area (Å²) in [5.41, 5.74) is 5.28. The molecule has 8 heteroatoms. The zero-order valence-corrected chi connectivity index (χ0v) is 14.1. The Morgan fingerprint density at radius 1 is 1.33 bits per heavy atom. The van der Waals surface area contributed by atoms with E-state index >= 15 is 0 Å². The maximum Gasteiger partial charge on any atom is 0.220 e. The molecule has 0 aromatic heterocycles. The van der Waals surface area contributed by atoms with Crippen molar-refractivity contribution in [3.8, 4) is 11.8 Å². The molecule has 0 aliphatic carbocycles. The Morgan fingerprint density at radius 2 is 1.92 bits per heavy atom. The van der Waals surface area contributed by atoms with E-state index in [9.17, 15) is 18.5 Å². The number of ether oxygens (including phenoxy) is 1. The molecule has 0 unspecified atom stereocenters. The molecule has 1 aliphatic heterocycles. The number of benzene rings is 1. The molecule has 0 bridgehead atoms. The molecule has 2 N–H and O–H groups in total. The number of amides is 1. The lowest BCUT2D eigenvalue weighted by molar-refractivity contribution is -0.122. The lowest BCUT2D eigenvalue weighted by Gasteiger charge is -2.29. The Labute approximate surface area is 141 Å². The van der Waals surface area contributed by atoms with Crippen molar-refractivity contribution in [1.29, 1.82) is 5.26 Å². The van der Waals surface area contributed by atoms with Crippen molar-refractivity contribution < 1.29 is 17.9 Å². The summed E-state index contributed by atoms with van der Waals surface area (Å²) in [6, 6.07) is 7.62. The zero-order valence-electron chi connectivity index (χ0n) is 13.3. The number of nitrogens with two attached hydrogens (primary N) is 1. The standard InChI is InChI=1S/C16H19N3O4S/c1-23-13-2-4-14(5-3-13)24(21,22)15(10-17)11-19-8-6-12(7-9-19)16(18)20/h2-5,11-12H,6-9H2,1H3,(H2,18,20). The summed E-state index contributed by atoms with van der Waals surface area (Å²) in [4.78, 5) is 12.6. The van der Waals surface area contributed by atoms with Crippen LogP contribution in [0.2, 0.25) is 0 Å². The van der Waals surface area contributed by atoms with Crippen LogP contribution in [-0.4, -0.2) is 39.4 Å². The van der Waals surface area contributed by atoms with E-state index in [4.69, 9.17) is 10.5 Å². The largest absolute Gasteiger partial charge is 0.497 e. The molecular weight excluding hydrogens is 330 g/mol. The van der Waals surface area contributed by atoms with Crippen LogP contribution in [0.1, 0.15) is 12.8 Å². The highest BCUT2D eigenvalue weighted by atomic mass is 32.2. The first-order chi connectivity index (χ1) is 11.4. The lowest BCUT2D eigenvalue weighted by atomic mass is 9.97. The summed E-state index contributed by atoms with van der Waals surface area (Å²) in [6.45, 7) is 0.966. The van der Waals surface area contributed by atoms with Crippen LogP contribution in [0.25, 0.3) is 0 Å². The quantitative estimate of drug-likeness (QED) is 0.794. The van der Waals surface area contributed by atoms with Crippen molar-refractivity contribution in [3.05, 3.63) is 35.4 Å². The molecule has 24 heavy (non-hydrogen) atoms. The Kier molecular flexibility index (Phi) is 5.46. The maximum absolute atomic E-state index is 12.6. The molecule has 0 radical (unpaired) electrons. The van der Waals surface area contributed by atoms with Crippen molar-refractivity contribution >= 4 is 15.7 Å². The molecule has 0 saturated carbocycles. The number of hydrogen-bond donors (Lipinski definition) is 1. The van der Waals surface area contributed by atoms with Crippen molar-refractivity contribution in [2.45, 2.75) is 17.7 Å². The van der Waals surface area contributed by atoms with Gasteiger partial charge in [0.15, 0.2) is 4.91 Å². The number of methoxy groups -OCH3 is 1. The minimum Gasteiger partial charge on any atom is -0.497 e. The molecule has 7 nitrogen and oxygen atoms in total. The molecule has 1 saturated heterocycles. The van der Waals surface area contributed by atoms with Crippen molar-refractivity contribution in [3.63, 3.8) is 0 Å². The lowest BCUT2D eigenvalue weighted by Crippen LogP contribution is -2.36. The Bertz CT molecular complexity index is 771. The normalized spacial score (nSPS) is 16.5. The molecule has 1 aromatic carbocycles. The van der Waals surface area contributed by atoms with Crippen LogP contribution in [0, 0.1) is 17.2 Å². The minimum absolute atomic E-state index is 0.0307. The van der Waals surface area contributed by atoms with E-state index in [1.807, 2.05) is 0 Å². The molecule has 1 heterocycles. The number of hydrogen-bond acceptors (Lipinski definition) is 6. The molecular formula is C16H19N3O4S. The molecule has 0 spiro atoms. The third-order valence-corrected chi connectivity index (χ3v) is 5.67. The summed E-state index contributed by atoms with van der Waals surface area (Å²) < 4.78 is 30.2. The van der Waals surface area contributed by atoms with E-state index < -0.39 is 9.84 Å². The summed E-state index contributed by atoms with van der Waals surface area (Å²) in [5, 5.41) is 9.27. The topological polar surface area (TPSA) is 113 Å². The molecule has 1 fully saturated rings. The van der Waals surface area contributed by atoms with E-state index in [1.165, 1.54) is 37.6 Å². The first-order valence-electron chi connectivity index (χ1n) is 7.43. The smallest absolute Gasteiger partial charge is 0.220 e. The zero-order chi connectivity index (χ0) is 17.7. The predicted octanol–water partition coefficient (Wildman–Crippen LogP) is 1.03. The average Bonchev–Trinajstić information content (AvgIpc) is 2.59. The highest BCUT2D eigenvalue weighted by Crippen LogP contribution is 2.24. The fourth-order valence-electron chi connectivity index (χ4n) is 2.52. The number of allylic oxidation sites excluding steroid dienone is 1.